The van der Waals surface area contributed by atoms with Crippen molar-refractivity contribution in [3.8, 4) is 11.8 Å². The third kappa shape index (κ3) is 4.28. The van der Waals surface area contributed by atoms with Crippen molar-refractivity contribution >= 4 is 5.97 Å². The summed E-state index contributed by atoms with van der Waals surface area (Å²) in [4.78, 5) is 11.6. The molecule has 0 heterocycles. The van der Waals surface area contributed by atoms with E-state index in [0.29, 0.717) is 0 Å². The fraction of sp³-hybridized carbons (Fsp3) is 0.333. The molecule has 1 rings (SSSR count). The molecule has 0 aliphatic carbocycles. The highest BCUT2D eigenvalue weighted by atomic mass is 19.4. The number of hydrogen-bond acceptors (Lipinski definition) is 4. The highest BCUT2D eigenvalue weighted by molar-refractivity contribution is 5.93. The molecule has 0 saturated carbocycles. The van der Waals surface area contributed by atoms with Crippen LogP contribution < -0.4 is 4.74 Å². The fourth-order valence-corrected chi connectivity index (χ4v) is 1.46. The van der Waals surface area contributed by atoms with Crippen LogP contribution in [0.1, 0.15) is 28.4 Å². The summed E-state index contributed by atoms with van der Waals surface area (Å²) in [5.41, 5.74) is -3.69. The van der Waals surface area contributed by atoms with Crippen molar-refractivity contribution in [3.05, 3.63) is 28.8 Å². The van der Waals surface area contributed by atoms with E-state index in [2.05, 4.69) is 9.47 Å². The molecule has 22 heavy (non-hydrogen) atoms. The minimum atomic E-state index is -5.30. The summed E-state index contributed by atoms with van der Waals surface area (Å²) in [5.74, 6) is -2.80. The van der Waals surface area contributed by atoms with E-state index >= 15 is 0 Å². The number of carbonyl (C=O) groups is 1. The maximum absolute atomic E-state index is 12.7. The number of nitriles is 1. The second kappa shape index (κ2) is 6.13. The molecule has 0 saturated heterocycles. The maximum Gasteiger partial charge on any atom is 0.573 e. The molecule has 0 amide bonds. The van der Waals surface area contributed by atoms with Gasteiger partial charge in [-0.1, -0.05) is 0 Å². The molecule has 1 aromatic rings. The van der Waals surface area contributed by atoms with Crippen LogP contribution in [0.25, 0.3) is 0 Å². The van der Waals surface area contributed by atoms with Crippen molar-refractivity contribution in [3.63, 3.8) is 0 Å². The Kier molecular flexibility index (Phi) is 4.91. The molecule has 1 aromatic carbocycles. The topological polar surface area (TPSA) is 59.3 Å². The Bertz CT molecular complexity index is 615. The molecular formula is C12H7F6NO3. The van der Waals surface area contributed by atoms with E-state index in [1.807, 2.05) is 0 Å². The zero-order valence-electron chi connectivity index (χ0n) is 10.8. The Morgan fingerprint density at radius 1 is 1.23 bits per heavy atom. The zero-order valence-corrected chi connectivity index (χ0v) is 10.8. The van der Waals surface area contributed by atoms with Gasteiger partial charge in [0.2, 0.25) is 0 Å². The number of esters is 1. The van der Waals surface area contributed by atoms with Crippen LogP contribution in [0.2, 0.25) is 0 Å². The first-order valence-electron chi connectivity index (χ1n) is 5.57. The van der Waals surface area contributed by atoms with Crippen LogP contribution in [0.15, 0.2) is 12.1 Å². The average Bonchev–Trinajstić information content (AvgIpc) is 2.35. The second-order valence-corrected chi connectivity index (χ2v) is 3.78. The maximum atomic E-state index is 12.7. The van der Waals surface area contributed by atoms with E-state index < -0.39 is 40.9 Å². The van der Waals surface area contributed by atoms with Crippen LogP contribution in [0, 0.1) is 11.3 Å². The zero-order chi connectivity index (χ0) is 17.1. The Morgan fingerprint density at radius 3 is 2.23 bits per heavy atom. The molecule has 0 aromatic heterocycles. The van der Waals surface area contributed by atoms with Gasteiger partial charge < -0.3 is 9.47 Å². The summed E-state index contributed by atoms with van der Waals surface area (Å²) in [6.45, 7) is 1.02. The fourth-order valence-electron chi connectivity index (χ4n) is 1.46. The minimum Gasteiger partial charge on any atom is -0.462 e. The number of alkyl halides is 6. The molecule has 0 N–H and O–H groups in total. The SMILES string of the molecule is CCOC(=O)c1cc(C(F)(F)F)cc(C#N)c1OC(F)(F)F. The molecule has 0 fully saturated rings. The molecule has 0 aliphatic heterocycles. The lowest BCUT2D eigenvalue weighted by Crippen LogP contribution is -2.21. The van der Waals surface area contributed by atoms with E-state index in [4.69, 9.17) is 5.26 Å². The van der Waals surface area contributed by atoms with Gasteiger partial charge >= 0.3 is 18.5 Å². The predicted molar refractivity (Wildman–Crippen MR) is 58.8 cm³/mol. The lowest BCUT2D eigenvalue weighted by atomic mass is 10.0. The van der Waals surface area contributed by atoms with Gasteiger partial charge in [-0.2, -0.15) is 18.4 Å². The van der Waals surface area contributed by atoms with E-state index in [1.165, 1.54) is 6.92 Å². The van der Waals surface area contributed by atoms with Crippen LogP contribution in [0.4, 0.5) is 26.3 Å². The lowest BCUT2D eigenvalue weighted by Gasteiger charge is -2.16. The van der Waals surface area contributed by atoms with Crippen LogP contribution in [-0.2, 0) is 10.9 Å². The first-order chi connectivity index (χ1) is 9.99. The first kappa shape index (κ1) is 17.6. The normalized spacial score (nSPS) is 11.7. The monoisotopic (exact) mass is 327 g/mol. The minimum absolute atomic E-state index is 0.139. The van der Waals surface area contributed by atoms with Crippen LogP contribution in [-0.4, -0.2) is 18.9 Å². The molecule has 4 nitrogen and oxygen atoms in total. The summed E-state index contributed by atoms with van der Waals surface area (Å²) in [6, 6.07) is 1.43. The van der Waals surface area contributed by atoms with Crippen molar-refractivity contribution in [2.45, 2.75) is 19.5 Å². The molecule has 10 heteroatoms. The molecule has 0 atom stereocenters. The number of halogens is 6. The number of benzene rings is 1. The van der Waals surface area contributed by atoms with E-state index in [-0.39, 0.29) is 18.7 Å². The summed E-state index contributed by atoms with van der Waals surface area (Å²) >= 11 is 0. The van der Waals surface area contributed by atoms with Crippen LogP contribution >= 0.6 is 0 Å². The number of hydrogen-bond donors (Lipinski definition) is 0. The second-order valence-electron chi connectivity index (χ2n) is 3.78. The van der Waals surface area contributed by atoms with Gasteiger partial charge in [0.1, 0.15) is 11.6 Å². The van der Waals surface area contributed by atoms with Crippen molar-refractivity contribution in [2.75, 3.05) is 6.61 Å². The number of ether oxygens (including phenoxy) is 2. The average molecular weight is 327 g/mol. The Labute approximate surface area is 119 Å². The highest BCUT2D eigenvalue weighted by Gasteiger charge is 2.38. The van der Waals surface area contributed by atoms with Crippen LogP contribution in [0.5, 0.6) is 5.75 Å². The van der Waals surface area contributed by atoms with Crippen molar-refractivity contribution in [1.82, 2.24) is 0 Å². The highest BCUT2D eigenvalue weighted by Crippen LogP contribution is 2.37. The third-order valence-electron chi connectivity index (χ3n) is 2.25. The van der Waals surface area contributed by atoms with Crippen molar-refractivity contribution < 1.29 is 40.6 Å². The van der Waals surface area contributed by atoms with Gasteiger partial charge in [-0.15, -0.1) is 13.2 Å². The third-order valence-corrected chi connectivity index (χ3v) is 2.25. The first-order valence-corrected chi connectivity index (χ1v) is 5.57. The van der Waals surface area contributed by atoms with Gasteiger partial charge in [-0.05, 0) is 19.1 Å². The molecule has 0 radical (unpaired) electrons. The summed E-state index contributed by atoms with van der Waals surface area (Å²) in [6.07, 6.45) is -10.3. The number of nitrogens with zero attached hydrogens (tertiary/aromatic N) is 1. The Morgan fingerprint density at radius 2 is 1.82 bits per heavy atom. The van der Waals surface area contributed by atoms with Gasteiger partial charge in [0.15, 0.2) is 5.75 Å². The molecule has 0 bridgehead atoms. The number of rotatable bonds is 3. The Hall–Kier alpha value is -2.44. The van der Waals surface area contributed by atoms with Crippen LogP contribution in [0.3, 0.4) is 0 Å². The Balaban J connectivity index is 3.58. The molecule has 0 aliphatic rings. The van der Waals surface area contributed by atoms with Gasteiger partial charge in [0, 0.05) is 0 Å². The molecule has 120 valence electrons. The van der Waals surface area contributed by atoms with Gasteiger partial charge in [-0.25, -0.2) is 4.79 Å². The van der Waals surface area contributed by atoms with Crippen molar-refractivity contribution in [1.29, 1.82) is 5.26 Å². The molecule has 0 unspecified atom stereocenters. The largest absolute Gasteiger partial charge is 0.573 e. The summed E-state index contributed by atoms with van der Waals surface area (Å²) in [5, 5.41) is 8.72. The van der Waals surface area contributed by atoms with E-state index in [9.17, 15) is 31.1 Å². The molecule has 0 spiro atoms. The van der Waals surface area contributed by atoms with E-state index in [1.54, 1.807) is 0 Å². The van der Waals surface area contributed by atoms with Gasteiger partial charge in [0.25, 0.3) is 0 Å². The number of carbonyl (C=O) groups excluding carboxylic acids is 1. The van der Waals surface area contributed by atoms with E-state index in [0.717, 1.165) is 6.07 Å². The molecular weight excluding hydrogens is 320 g/mol. The van der Waals surface area contributed by atoms with Gasteiger partial charge in [-0.3, -0.25) is 0 Å². The quantitative estimate of drug-likeness (QED) is 0.628. The van der Waals surface area contributed by atoms with Crippen molar-refractivity contribution in [2.24, 2.45) is 0 Å². The summed E-state index contributed by atoms with van der Waals surface area (Å²) < 4.78 is 82.9. The summed E-state index contributed by atoms with van der Waals surface area (Å²) in [7, 11) is 0. The standard InChI is InChI=1S/C12H7F6NO3/c1-2-21-10(20)8-4-7(11(13,14)15)3-6(5-19)9(8)22-12(16,17)18/h3-4H,2H2,1H3. The predicted octanol–water partition coefficient (Wildman–Crippen LogP) is 3.65. The van der Waals surface area contributed by atoms with Gasteiger partial charge in [0.05, 0.1) is 17.7 Å². The smallest absolute Gasteiger partial charge is 0.462 e. The lowest BCUT2D eigenvalue weighted by molar-refractivity contribution is -0.274.